The summed E-state index contributed by atoms with van der Waals surface area (Å²) in [5.74, 6) is -0.928. The van der Waals surface area contributed by atoms with Crippen molar-refractivity contribution in [2.24, 2.45) is 11.8 Å². The third-order valence-corrected chi connectivity index (χ3v) is 2.71. The fourth-order valence-electron chi connectivity index (χ4n) is 1.45. The van der Waals surface area contributed by atoms with E-state index in [1.165, 1.54) is 0 Å². The Morgan fingerprint density at radius 1 is 1.17 bits per heavy atom. The lowest BCUT2D eigenvalue weighted by Crippen LogP contribution is -2.44. The van der Waals surface area contributed by atoms with Crippen LogP contribution >= 0.6 is 0 Å². The number of carbonyl (C=O) groups excluding carboxylic acids is 1. The lowest BCUT2D eigenvalue weighted by atomic mass is 10.1. The number of hydrogen-bond donors (Lipinski definition) is 2. The van der Waals surface area contributed by atoms with Gasteiger partial charge in [-0.05, 0) is 19.8 Å². The number of carboxylic acids is 1. The summed E-state index contributed by atoms with van der Waals surface area (Å²) >= 11 is 0. The van der Waals surface area contributed by atoms with E-state index >= 15 is 0 Å². The zero-order valence-electron chi connectivity index (χ0n) is 12.1. The van der Waals surface area contributed by atoms with Crippen molar-refractivity contribution in [2.75, 3.05) is 19.6 Å². The topological polar surface area (TPSA) is 69.6 Å². The van der Waals surface area contributed by atoms with E-state index in [-0.39, 0.29) is 18.5 Å². The van der Waals surface area contributed by atoms with Crippen LogP contribution in [0, 0.1) is 11.8 Å². The lowest BCUT2D eigenvalue weighted by molar-refractivity contribution is -0.142. The molecule has 106 valence electrons. The molecule has 0 aliphatic rings. The van der Waals surface area contributed by atoms with Gasteiger partial charge in [-0.25, -0.2) is 0 Å². The van der Waals surface area contributed by atoms with Crippen LogP contribution < -0.4 is 5.32 Å². The molecule has 0 fully saturated rings. The van der Waals surface area contributed by atoms with Gasteiger partial charge in [0.2, 0.25) is 5.91 Å². The summed E-state index contributed by atoms with van der Waals surface area (Å²) in [7, 11) is 0. The maximum atomic E-state index is 11.7. The second-order valence-corrected chi connectivity index (χ2v) is 5.46. The van der Waals surface area contributed by atoms with Crippen LogP contribution in [0.3, 0.4) is 0 Å². The molecule has 0 saturated carbocycles. The first-order valence-electron chi connectivity index (χ1n) is 6.47. The van der Waals surface area contributed by atoms with Crippen LogP contribution in [0.4, 0.5) is 0 Å². The molecule has 0 bridgehead atoms. The molecule has 0 aliphatic heterocycles. The third-order valence-electron chi connectivity index (χ3n) is 2.71. The molecule has 0 aliphatic carbocycles. The SMILES string of the molecule is CC(C)CNC(=O)CN(CC(C)C(=O)O)C(C)C. The molecule has 5 nitrogen and oxygen atoms in total. The normalized spacial score (nSPS) is 13.1. The molecule has 0 radical (unpaired) electrons. The molecular formula is C13H26N2O3. The van der Waals surface area contributed by atoms with E-state index in [0.29, 0.717) is 19.0 Å². The van der Waals surface area contributed by atoms with Gasteiger partial charge >= 0.3 is 5.97 Å². The molecule has 2 N–H and O–H groups in total. The van der Waals surface area contributed by atoms with Crippen molar-refractivity contribution in [3.8, 4) is 0 Å². The lowest BCUT2D eigenvalue weighted by Gasteiger charge is -2.27. The highest BCUT2D eigenvalue weighted by Crippen LogP contribution is 2.04. The molecule has 0 spiro atoms. The number of nitrogens with one attached hydrogen (secondary N) is 1. The minimum atomic E-state index is -0.830. The summed E-state index contributed by atoms with van der Waals surface area (Å²) in [6.45, 7) is 10.9. The summed E-state index contributed by atoms with van der Waals surface area (Å²) in [4.78, 5) is 24.4. The monoisotopic (exact) mass is 258 g/mol. The summed E-state index contributed by atoms with van der Waals surface area (Å²) < 4.78 is 0. The molecule has 0 aromatic carbocycles. The standard InChI is InChI=1S/C13H26N2O3/c1-9(2)6-14-12(16)8-15(10(3)4)7-11(5)13(17)18/h9-11H,6-8H2,1-5H3,(H,14,16)(H,17,18). The number of nitrogens with zero attached hydrogens (tertiary/aromatic N) is 1. The Balaban J connectivity index is 4.27. The van der Waals surface area contributed by atoms with E-state index in [1.807, 2.05) is 32.6 Å². The Morgan fingerprint density at radius 2 is 1.72 bits per heavy atom. The summed E-state index contributed by atoms with van der Waals surface area (Å²) in [5, 5.41) is 11.7. The minimum Gasteiger partial charge on any atom is -0.481 e. The van der Waals surface area contributed by atoms with Crippen molar-refractivity contribution >= 4 is 11.9 Å². The zero-order chi connectivity index (χ0) is 14.3. The number of rotatable bonds is 8. The Labute approximate surface area is 110 Å². The van der Waals surface area contributed by atoms with Crippen molar-refractivity contribution < 1.29 is 14.7 Å². The van der Waals surface area contributed by atoms with Gasteiger partial charge in [-0.3, -0.25) is 14.5 Å². The van der Waals surface area contributed by atoms with Crippen LogP contribution in [-0.2, 0) is 9.59 Å². The largest absolute Gasteiger partial charge is 0.481 e. The van der Waals surface area contributed by atoms with E-state index in [2.05, 4.69) is 5.32 Å². The Kier molecular flexibility index (Phi) is 7.59. The Hall–Kier alpha value is -1.10. The quantitative estimate of drug-likeness (QED) is 0.686. The van der Waals surface area contributed by atoms with Gasteiger partial charge in [-0.1, -0.05) is 20.8 Å². The molecule has 0 aromatic heterocycles. The molecular weight excluding hydrogens is 232 g/mol. The van der Waals surface area contributed by atoms with Crippen molar-refractivity contribution in [1.29, 1.82) is 0 Å². The van der Waals surface area contributed by atoms with Gasteiger partial charge < -0.3 is 10.4 Å². The van der Waals surface area contributed by atoms with E-state index in [0.717, 1.165) is 0 Å². The number of amides is 1. The van der Waals surface area contributed by atoms with E-state index in [9.17, 15) is 9.59 Å². The Bertz CT molecular complexity index is 277. The number of hydrogen-bond acceptors (Lipinski definition) is 3. The highest BCUT2D eigenvalue weighted by Gasteiger charge is 2.20. The number of aliphatic carboxylic acids is 1. The smallest absolute Gasteiger partial charge is 0.307 e. The maximum Gasteiger partial charge on any atom is 0.307 e. The summed E-state index contributed by atoms with van der Waals surface area (Å²) in [6, 6.07) is 0.150. The first kappa shape index (κ1) is 16.9. The summed E-state index contributed by atoms with van der Waals surface area (Å²) in [5.41, 5.74) is 0. The molecule has 1 amide bonds. The fraction of sp³-hybridized carbons (Fsp3) is 0.846. The zero-order valence-corrected chi connectivity index (χ0v) is 12.1. The molecule has 0 heterocycles. The predicted octanol–water partition coefficient (Wildman–Crippen LogP) is 1.19. The van der Waals surface area contributed by atoms with Gasteiger partial charge in [0.15, 0.2) is 0 Å². The molecule has 0 saturated heterocycles. The molecule has 0 rings (SSSR count). The van der Waals surface area contributed by atoms with Crippen LogP contribution in [-0.4, -0.2) is 47.6 Å². The second kappa shape index (κ2) is 8.08. The van der Waals surface area contributed by atoms with E-state index < -0.39 is 11.9 Å². The maximum absolute atomic E-state index is 11.7. The predicted molar refractivity (Wildman–Crippen MR) is 71.4 cm³/mol. The molecule has 1 unspecified atom stereocenters. The van der Waals surface area contributed by atoms with E-state index in [1.54, 1.807) is 6.92 Å². The van der Waals surface area contributed by atoms with Gasteiger partial charge in [-0.2, -0.15) is 0 Å². The van der Waals surface area contributed by atoms with Gasteiger partial charge in [0.05, 0.1) is 12.5 Å². The molecule has 18 heavy (non-hydrogen) atoms. The average molecular weight is 258 g/mol. The summed E-state index contributed by atoms with van der Waals surface area (Å²) in [6.07, 6.45) is 0. The second-order valence-electron chi connectivity index (χ2n) is 5.46. The highest BCUT2D eigenvalue weighted by molar-refractivity contribution is 5.78. The van der Waals surface area contributed by atoms with Gasteiger partial charge in [0.25, 0.3) is 0 Å². The fourth-order valence-corrected chi connectivity index (χ4v) is 1.45. The van der Waals surface area contributed by atoms with Crippen LogP contribution in [0.5, 0.6) is 0 Å². The first-order valence-corrected chi connectivity index (χ1v) is 6.47. The average Bonchev–Trinajstić information content (AvgIpc) is 2.24. The van der Waals surface area contributed by atoms with Crippen LogP contribution in [0.1, 0.15) is 34.6 Å². The van der Waals surface area contributed by atoms with Crippen molar-refractivity contribution in [3.05, 3.63) is 0 Å². The minimum absolute atomic E-state index is 0.0463. The highest BCUT2D eigenvalue weighted by atomic mass is 16.4. The molecule has 1 atom stereocenters. The number of carbonyl (C=O) groups is 2. The van der Waals surface area contributed by atoms with Crippen molar-refractivity contribution in [1.82, 2.24) is 10.2 Å². The van der Waals surface area contributed by atoms with Crippen LogP contribution in [0.25, 0.3) is 0 Å². The van der Waals surface area contributed by atoms with Crippen molar-refractivity contribution in [3.63, 3.8) is 0 Å². The van der Waals surface area contributed by atoms with Gasteiger partial charge in [-0.15, -0.1) is 0 Å². The third kappa shape index (κ3) is 7.27. The van der Waals surface area contributed by atoms with Crippen molar-refractivity contribution in [2.45, 2.75) is 40.7 Å². The van der Waals surface area contributed by atoms with Gasteiger partial charge in [0, 0.05) is 19.1 Å². The molecule has 5 heteroatoms. The van der Waals surface area contributed by atoms with Gasteiger partial charge in [0.1, 0.15) is 0 Å². The van der Waals surface area contributed by atoms with Crippen LogP contribution in [0.2, 0.25) is 0 Å². The van der Waals surface area contributed by atoms with E-state index in [4.69, 9.17) is 5.11 Å². The molecule has 0 aromatic rings. The first-order chi connectivity index (χ1) is 8.23. The van der Waals surface area contributed by atoms with Crippen LogP contribution in [0.15, 0.2) is 0 Å². The Morgan fingerprint density at radius 3 is 2.11 bits per heavy atom. The number of carboxylic acid groups (broad SMARTS) is 1.